The van der Waals surface area contributed by atoms with Gasteiger partial charge in [0, 0.05) is 50.0 Å². The number of imidazole rings is 1. The van der Waals surface area contributed by atoms with Crippen LogP contribution >= 0.6 is 0 Å². The van der Waals surface area contributed by atoms with E-state index in [0.29, 0.717) is 11.9 Å². The number of methoxy groups -OCH3 is 1. The van der Waals surface area contributed by atoms with Gasteiger partial charge in [0.2, 0.25) is 5.88 Å². The van der Waals surface area contributed by atoms with Crippen LogP contribution in [0, 0.1) is 0 Å². The van der Waals surface area contributed by atoms with Crippen LogP contribution in [0.2, 0.25) is 0 Å². The number of nitrogens with zero attached hydrogens (tertiary/aromatic N) is 3. The molecule has 0 saturated carbocycles. The fourth-order valence-electron chi connectivity index (χ4n) is 3.21. The second-order valence-electron chi connectivity index (χ2n) is 5.84. The molecule has 0 amide bonds. The summed E-state index contributed by atoms with van der Waals surface area (Å²) in [5, 5.41) is 0. The van der Waals surface area contributed by atoms with Crippen molar-refractivity contribution < 1.29 is 9.47 Å². The van der Waals surface area contributed by atoms with E-state index in [1.807, 2.05) is 12.1 Å². The summed E-state index contributed by atoms with van der Waals surface area (Å²) in [4.78, 5) is 15.0. The van der Waals surface area contributed by atoms with Gasteiger partial charge in [0.05, 0.1) is 25.1 Å². The Morgan fingerprint density at radius 2 is 2.36 bits per heavy atom. The van der Waals surface area contributed by atoms with Gasteiger partial charge >= 0.3 is 0 Å². The lowest BCUT2D eigenvalue weighted by Crippen LogP contribution is -2.39. The fourth-order valence-corrected chi connectivity index (χ4v) is 3.21. The molecular weight excluding hydrogens is 280 g/mol. The van der Waals surface area contributed by atoms with E-state index in [-0.39, 0.29) is 0 Å². The van der Waals surface area contributed by atoms with Crippen molar-refractivity contribution in [3.05, 3.63) is 29.7 Å². The molecule has 22 heavy (non-hydrogen) atoms. The first kappa shape index (κ1) is 13.7. The van der Waals surface area contributed by atoms with Crippen LogP contribution in [0.4, 0.5) is 0 Å². The van der Waals surface area contributed by atoms with Crippen LogP contribution in [-0.4, -0.2) is 52.8 Å². The Bertz CT molecular complexity index is 647. The summed E-state index contributed by atoms with van der Waals surface area (Å²) >= 11 is 0. The minimum atomic E-state index is 0.558. The number of ether oxygens (including phenoxy) is 2. The Morgan fingerprint density at radius 3 is 3.09 bits per heavy atom. The van der Waals surface area contributed by atoms with Crippen molar-refractivity contribution in [1.29, 1.82) is 0 Å². The molecule has 0 spiro atoms. The lowest BCUT2D eigenvalue weighted by molar-refractivity contribution is 0.133. The van der Waals surface area contributed by atoms with Gasteiger partial charge in [-0.25, -0.2) is 9.97 Å². The fraction of sp³-hybridized carbons (Fsp3) is 0.500. The van der Waals surface area contributed by atoms with Gasteiger partial charge in [-0.2, -0.15) is 0 Å². The lowest BCUT2D eigenvalue weighted by Gasteiger charge is -2.30. The minimum Gasteiger partial charge on any atom is -0.481 e. The van der Waals surface area contributed by atoms with Crippen molar-refractivity contribution in [2.45, 2.75) is 25.4 Å². The van der Waals surface area contributed by atoms with Crippen molar-refractivity contribution in [2.24, 2.45) is 0 Å². The highest BCUT2D eigenvalue weighted by Gasteiger charge is 2.28. The molecule has 0 bridgehead atoms. The number of hydrogen-bond acceptors (Lipinski definition) is 5. The first-order valence-electron chi connectivity index (χ1n) is 7.73. The van der Waals surface area contributed by atoms with Crippen molar-refractivity contribution >= 4 is 0 Å². The summed E-state index contributed by atoms with van der Waals surface area (Å²) in [7, 11) is 1.62. The SMILES string of the molecule is COc1ccc(-c2nc3c([nH]2)CN(C2CCOC2)CC3)cn1. The first-order chi connectivity index (χ1) is 10.8. The van der Waals surface area contributed by atoms with Gasteiger partial charge < -0.3 is 14.5 Å². The van der Waals surface area contributed by atoms with Gasteiger partial charge in [0.1, 0.15) is 5.82 Å². The zero-order chi connectivity index (χ0) is 14.9. The van der Waals surface area contributed by atoms with E-state index in [2.05, 4.69) is 14.9 Å². The highest BCUT2D eigenvalue weighted by molar-refractivity contribution is 5.55. The monoisotopic (exact) mass is 300 g/mol. The highest BCUT2D eigenvalue weighted by Crippen LogP contribution is 2.25. The van der Waals surface area contributed by atoms with Crippen LogP contribution in [0.1, 0.15) is 17.8 Å². The molecule has 4 heterocycles. The number of nitrogens with one attached hydrogen (secondary N) is 1. The second kappa shape index (κ2) is 5.70. The molecule has 0 aromatic carbocycles. The maximum absolute atomic E-state index is 5.51. The Kier molecular flexibility index (Phi) is 3.56. The van der Waals surface area contributed by atoms with Crippen LogP contribution in [0.15, 0.2) is 18.3 Å². The van der Waals surface area contributed by atoms with E-state index >= 15 is 0 Å². The third kappa shape index (κ3) is 2.48. The first-order valence-corrected chi connectivity index (χ1v) is 7.73. The van der Waals surface area contributed by atoms with E-state index < -0.39 is 0 Å². The molecule has 1 fully saturated rings. The number of rotatable bonds is 3. The third-order valence-electron chi connectivity index (χ3n) is 4.50. The normalized spacial score (nSPS) is 21.8. The van der Waals surface area contributed by atoms with E-state index in [4.69, 9.17) is 14.5 Å². The molecule has 0 radical (unpaired) electrons. The number of pyridine rings is 1. The Hall–Kier alpha value is -1.92. The van der Waals surface area contributed by atoms with Crippen molar-refractivity contribution in [1.82, 2.24) is 19.9 Å². The summed E-state index contributed by atoms with van der Waals surface area (Å²) in [6.07, 6.45) is 3.93. The van der Waals surface area contributed by atoms with Gasteiger partial charge in [-0.15, -0.1) is 0 Å². The van der Waals surface area contributed by atoms with Crippen molar-refractivity contribution in [2.75, 3.05) is 26.9 Å². The molecule has 4 rings (SSSR count). The number of hydrogen-bond donors (Lipinski definition) is 1. The molecule has 6 heteroatoms. The summed E-state index contributed by atoms with van der Waals surface area (Å²) in [6, 6.07) is 4.40. The Balaban J connectivity index is 1.55. The molecule has 6 nitrogen and oxygen atoms in total. The highest BCUT2D eigenvalue weighted by atomic mass is 16.5. The molecule has 1 atom stereocenters. The molecule has 1 saturated heterocycles. The summed E-state index contributed by atoms with van der Waals surface area (Å²) < 4.78 is 10.6. The smallest absolute Gasteiger partial charge is 0.212 e. The standard InChI is InChI=1S/C16H20N4O2/c1-21-15-3-2-11(8-17-15)16-18-13-4-6-20(9-14(13)19-16)12-5-7-22-10-12/h2-3,8,12H,4-7,9-10H2,1H3,(H,18,19). The molecule has 2 aliphatic heterocycles. The zero-order valence-corrected chi connectivity index (χ0v) is 12.7. The van der Waals surface area contributed by atoms with Crippen LogP contribution in [0.5, 0.6) is 5.88 Å². The molecule has 2 aromatic heterocycles. The van der Waals surface area contributed by atoms with Crippen molar-refractivity contribution in [3.63, 3.8) is 0 Å². The summed E-state index contributed by atoms with van der Waals surface area (Å²) in [5.41, 5.74) is 3.40. The average Bonchev–Trinajstić information content (AvgIpc) is 3.23. The predicted molar refractivity (Wildman–Crippen MR) is 81.7 cm³/mol. The maximum atomic E-state index is 5.51. The summed E-state index contributed by atoms with van der Waals surface area (Å²) in [6.45, 7) is 3.74. The van der Waals surface area contributed by atoms with E-state index in [1.165, 1.54) is 11.4 Å². The van der Waals surface area contributed by atoms with Gasteiger partial charge in [-0.3, -0.25) is 4.90 Å². The number of fused-ring (bicyclic) bond motifs is 1. The molecule has 0 aliphatic carbocycles. The zero-order valence-electron chi connectivity index (χ0n) is 12.7. The topological polar surface area (TPSA) is 63.3 Å². The second-order valence-corrected chi connectivity index (χ2v) is 5.84. The third-order valence-corrected chi connectivity index (χ3v) is 4.50. The number of aromatic nitrogens is 3. The van der Waals surface area contributed by atoms with Crippen LogP contribution in [0.25, 0.3) is 11.4 Å². The van der Waals surface area contributed by atoms with Crippen LogP contribution < -0.4 is 4.74 Å². The quantitative estimate of drug-likeness (QED) is 0.933. The van der Waals surface area contributed by atoms with Crippen LogP contribution in [-0.2, 0) is 17.7 Å². The summed E-state index contributed by atoms with van der Waals surface area (Å²) in [5.74, 6) is 1.51. The number of aromatic amines is 1. The predicted octanol–water partition coefficient (Wildman–Crippen LogP) is 1.63. The Labute approximate surface area is 129 Å². The maximum Gasteiger partial charge on any atom is 0.212 e. The average molecular weight is 300 g/mol. The van der Waals surface area contributed by atoms with E-state index in [1.54, 1.807) is 13.3 Å². The number of H-pyrrole nitrogens is 1. The largest absolute Gasteiger partial charge is 0.481 e. The van der Waals surface area contributed by atoms with Gasteiger partial charge in [0.15, 0.2) is 0 Å². The van der Waals surface area contributed by atoms with E-state index in [0.717, 1.165) is 50.5 Å². The van der Waals surface area contributed by atoms with E-state index in [9.17, 15) is 0 Å². The van der Waals surface area contributed by atoms with Crippen LogP contribution in [0.3, 0.4) is 0 Å². The Morgan fingerprint density at radius 1 is 1.41 bits per heavy atom. The van der Waals surface area contributed by atoms with Gasteiger partial charge in [-0.1, -0.05) is 0 Å². The van der Waals surface area contributed by atoms with Gasteiger partial charge in [0.25, 0.3) is 0 Å². The minimum absolute atomic E-state index is 0.558. The van der Waals surface area contributed by atoms with Crippen molar-refractivity contribution in [3.8, 4) is 17.3 Å². The van der Waals surface area contributed by atoms with Gasteiger partial charge in [-0.05, 0) is 12.5 Å². The molecule has 2 aliphatic rings. The molecular formula is C16H20N4O2. The molecule has 1 unspecified atom stereocenters. The molecule has 2 aromatic rings. The lowest BCUT2D eigenvalue weighted by atomic mass is 10.1. The molecule has 116 valence electrons. The molecule has 1 N–H and O–H groups in total.